The Kier molecular flexibility index (Phi) is 10.6. The minimum absolute atomic E-state index is 0.0310. The highest BCUT2D eigenvalue weighted by Crippen LogP contribution is 2.04. The number of hydrogen-bond acceptors (Lipinski definition) is 4. The Bertz CT molecular complexity index is 535. The number of aromatic carboxylic acids is 1. The van der Waals surface area contributed by atoms with Gasteiger partial charge in [0.2, 0.25) is 5.91 Å². The maximum Gasteiger partial charge on any atom is 0.338 e. The predicted octanol–water partition coefficient (Wildman–Crippen LogP) is 2.77. The van der Waals surface area contributed by atoms with Crippen LogP contribution in [0.2, 0.25) is 0 Å². The Balaban J connectivity index is 2.43. The molecule has 0 bridgehead atoms. The van der Waals surface area contributed by atoms with Gasteiger partial charge in [-0.1, -0.05) is 39.5 Å². The van der Waals surface area contributed by atoms with Gasteiger partial charge in [-0.05, 0) is 32.9 Å². The van der Waals surface area contributed by atoms with Crippen molar-refractivity contribution in [2.45, 2.75) is 71.9 Å². The lowest BCUT2D eigenvalue weighted by molar-refractivity contribution is -0.122. The van der Waals surface area contributed by atoms with Gasteiger partial charge in [0.05, 0.1) is 11.8 Å². The summed E-state index contributed by atoms with van der Waals surface area (Å²) in [6.07, 6.45) is 9.88. The number of carboxylic acids is 1. The Morgan fingerprint density at radius 1 is 1.19 bits per heavy atom. The van der Waals surface area contributed by atoms with Crippen LogP contribution in [0.5, 0.6) is 0 Å². The third-order valence-electron chi connectivity index (χ3n) is 4.28. The van der Waals surface area contributed by atoms with Gasteiger partial charge in [0.15, 0.2) is 0 Å². The Morgan fingerprint density at radius 2 is 1.81 bits per heavy atom. The smallest absolute Gasteiger partial charge is 0.338 e. The van der Waals surface area contributed by atoms with E-state index >= 15 is 0 Å². The first-order valence-corrected chi connectivity index (χ1v) is 9.73. The SMILES string of the molecule is CCCCCN(CCCCC)CC(C)NC(=O)Cn1cc(C(=O)O)cn1. The molecule has 1 heterocycles. The largest absolute Gasteiger partial charge is 0.478 e. The number of unbranched alkanes of at least 4 members (excludes halogenated alkanes) is 4. The molecule has 0 aliphatic rings. The van der Waals surface area contributed by atoms with E-state index in [0.29, 0.717) is 0 Å². The molecule has 0 aromatic carbocycles. The zero-order valence-electron chi connectivity index (χ0n) is 16.4. The molecule has 1 aromatic heterocycles. The third kappa shape index (κ3) is 8.99. The maximum absolute atomic E-state index is 12.2. The third-order valence-corrected chi connectivity index (χ3v) is 4.28. The van der Waals surface area contributed by atoms with Crippen LogP contribution >= 0.6 is 0 Å². The zero-order chi connectivity index (χ0) is 19.4. The maximum atomic E-state index is 12.2. The molecule has 1 atom stereocenters. The van der Waals surface area contributed by atoms with Crippen molar-refractivity contribution < 1.29 is 14.7 Å². The quantitative estimate of drug-likeness (QED) is 0.494. The first-order valence-electron chi connectivity index (χ1n) is 9.73. The highest BCUT2D eigenvalue weighted by atomic mass is 16.4. The average Bonchev–Trinajstić information content (AvgIpc) is 3.03. The number of hydrogen-bond donors (Lipinski definition) is 2. The van der Waals surface area contributed by atoms with Crippen molar-refractivity contribution in [2.75, 3.05) is 19.6 Å². The van der Waals surface area contributed by atoms with E-state index in [9.17, 15) is 9.59 Å². The van der Waals surface area contributed by atoms with Crippen LogP contribution in [-0.4, -0.2) is 57.3 Å². The van der Waals surface area contributed by atoms with E-state index in [1.165, 1.54) is 55.6 Å². The molecule has 0 fully saturated rings. The van der Waals surface area contributed by atoms with E-state index in [-0.39, 0.29) is 24.1 Å². The number of aromatic nitrogens is 2. The summed E-state index contributed by atoms with van der Waals surface area (Å²) in [5.74, 6) is -1.19. The minimum atomic E-state index is -1.04. The standard InChI is InChI=1S/C19H34N4O3/c1-4-6-8-10-22(11-9-7-5-2)13-16(3)21-18(24)15-23-14-17(12-20-23)19(25)26/h12,14,16H,4-11,13,15H2,1-3H3,(H,21,24)(H,25,26). The number of carboxylic acid groups (broad SMARTS) is 1. The molecule has 0 aliphatic carbocycles. The second kappa shape index (κ2) is 12.5. The summed E-state index contributed by atoms with van der Waals surface area (Å²) in [7, 11) is 0. The van der Waals surface area contributed by atoms with Gasteiger partial charge in [-0.25, -0.2) is 4.79 Å². The lowest BCUT2D eigenvalue weighted by Crippen LogP contribution is -2.43. The second-order valence-electron chi connectivity index (χ2n) is 6.92. The van der Waals surface area contributed by atoms with Crippen LogP contribution in [-0.2, 0) is 11.3 Å². The molecule has 0 saturated heterocycles. The van der Waals surface area contributed by atoms with E-state index in [1.807, 2.05) is 6.92 Å². The molecule has 1 amide bonds. The first kappa shape index (κ1) is 22.2. The fraction of sp³-hybridized carbons (Fsp3) is 0.737. The topological polar surface area (TPSA) is 87.5 Å². The summed E-state index contributed by atoms with van der Waals surface area (Å²) in [5, 5.41) is 15.8. The molecule has 26 heavy (non-hydrogen) atoms. The molecule has 1 unspecified atom stereocenters. The molecule has 148 valence electrons. The van der Waals surface area contributed by atoms with E-state index in [4.69, 9.17) is 5.11 Å². The predicted molar refractivity (Wildman–Crippen MR) is 102 cm³/mol. The lowest BCUT2D eigenvalue weighted by Gasteiger charge is -2.26. The van der Waals surface area contributed by atoms with Gasteiger partial charge < -0.3 is 15.3 Å². The van der Waals surface area contributed by atoms with Crippen LogP contribution in [0, 0.1) is 0 Å². The van der Waals surface area contributed by atoms with Crippen molar-refractivity contribution in [1.29, 1.82) is 0 Å². The highest BCUT2D eigenvalue weighted by molar-refractivity contribution is 5.87. The summed E-state index contributed by atoms with van der Waals surface area (Å²) in [4.78, 5) is 25.5. The van der Waals surface area contributed by atoms with Gasteiger partial charge >= 0.3 is 5.97 Å². The second-order valence-corrected chi connectivity index (χ2v) is 6.92. The number of nitrogens with zero attached hydrogens (tertiary/aromatic N) is 3. The van der Waals surface area contributed by atoms with Crippen molar-refractivity contribution >= 4 is 11.9 Å². The summed E-state index contributed by atoms with van der Waals surface area (Å²) >= 11 is 0. The van der Waals surface area contributed by atoms with Gasteiger partial charge in [-0.2, -0.15) is 5.10 Å². The van der Waals surface area contributed by atoms with Gasteiger partial charge in [0.1, 0.15) is 6.54 Å². The van der Waals surface area contributed by atoms with E-state index in [1.54, 1.807) is 0 Å². The fourth-order valence-corrected chi connectivity index (χ4v) is 2.93. The Morgan fingerprint density at radius 3 is 2.31 bits per heavy atom. The van der Waals surface area contributed by atoms with Crippen molar-refractivity contribution in [3.8, 4) is 0 Å². The van der Waals surface area contributed by atoms with Crippen LogP contribution in [0.1, 0.15) is 69.7 Å². The van der Waals surface area contributed by atoms with Crippen molar-refractivity contribution in [3.05, 3.63) is 18.0 Å². The number of amides is 1. The average molecular weight is 367 g/mol. The molecule has 2 N–H and O–H groups in total. The fourth-order valence-electron chi connectivity index (χ4n) is 2.93. The normalized spacial score (nSPS) is 12.3. The number of rotatable bonds is 14. The molecule has 7 nitrogen and oxygen atoms in total. The Labute approximate surface area is 156 Å². The monoisotopic (exact) mass is 366 g/mol. The molecular formula is C19H34N4O3. The van der Waals surface area contributed by atoms with E-state index in [0.717, 1.165) is 19.6 Å². The molecular weight excluding hydrogens is 332 g/mol. The van der Waals surface area contributed by atoms with E-state index < -0.39 is 5.97 Å². The Hall–Kier alpha value is -1.89. The van der Waals surface area contributed by atoms with Crippen LogP contribution in [0.15, 0.2) is 12.4 Å². The van der Waals surface area contributed by atoms with Crippen LogP contribution in [0.4, 0.5) is 0 Å². The molecule has 0 spiro atoms. The summed E-state index contributed by atoms with van der Waals surface area (Å²) in [6.45, 7) is 9.42. The highest BCUT2D eigenvalue weighted by Gasteiger charge is 2.14. The minimum Gasteiger partial charge on any atom is -0.478 e. The molecule has 1 rings (SSSR count). The van der Waals surface area contributed by atoms with Crippen LogP contribution in [0.3, 0.4) is 0 Å². The summed E-state index contributed by atoms with van der Waals surface area (Å²) in [6, 6.07) is 0.0419. The summed E-state index contributed by atoms with van der Waals surface area (Å²) < 4.78 is 1.35. The molecule has 1 aromatic rings. The van der Waals surface area contributed by atoms with Gasteiger partial charge in [-0.15, -0.1) is 0 Å². The molecule has 7 heteroatoms. The molecule has 0 radical (unpaired) electrons. The number of carbonyl (C=O) groups is 2. The van der Waals surface area contributed by atoms with Crippen molar-refractivity contribution in [3.63, 3.8) is 0 Å². The van der Waals surface area contributed by atoms with Gasteiger partial charge in [0, 0.05) is 18.8 Å². The van der Waals surface area contributed by atoms with Crippen LogP contribution in [0.25, 0.3) is 0 Å². The van der Waals surface area contributed by atoms with Gasteiger partial charge in [0.25, 0.3) is 0 Å². The number of carbonyl (C=O) groups excluding carboxylic acids is 1. The van der Waals surface area contributed by atoms with Crippen molar-refractivity contribution in [2.24, 2.45) is 0 Å². The summed E-state index contributed by atoms with van der Waals surface area (Å²) in [5.41, 5.74) is 0.0869. The first-order chi connectivity index (χ1) is 12.5. The van der Waals surface area contributed by atoms with E-state index in [2.05, 4.69) is 29.2 Å². The molecule has 0 aliphatic heterocycles. The van der Waals surface area contributed by atoms with Crippen LogP contribution < -0.4 is 5.32 Å². The number of nitrogens with one attached hydrogen (secondary N) is 1. The zero-order valence-corrected chi connectivity index (χ0v) is 16.4. The van der Waals surface area contributed by atoms with Gasteiger partial charge in [-0.3, -0.25) is 9.48 Å². The molecule has 0 saturated carbocycles. The lowest BCUT2D eigenvalue weighted by atomic mass is 10.2. The van der Waals surface area contributed by atoms with Crippen molar-refractivity contribution in [1.82, 2.24) is 20.0 Å².